The van der Waals surface area contributed by atoms with Gasteiger partial charge in [0.05, 0.1) is 38.5 Å². The number of methoxy groups -OCH3 is 1. The smallest absolute Gasteiger partial charge is 0.410 e. The van der Waals surface area contributed by atoms with Crippen molar-refractivity contribution in [3.05, 3.63) is 60.0 Å². The van der Waals surface area contributed by atoms with Crippen LogP contribution in [0.4, 0.5) is 10.6 Å². The van der Waals surface area contributed by atoms with Gasteiger partial charge in [0.15, 0.2) is 0 Å². The number of aliphatic hydroxyl groups excluding tert-OH is 1. The predicted octanol–water partition coefficient (Wildman–Crippen LogP) is 7.37. The number of anilines is 1. The number of aryl methyl sites for hydroxylation is 1. The second-order valence-electron chi connectivity index (χ2n) is 16.4. The third-order valence-corrected chi connectivity index (χ3v) is 13.2. The number of ether oxygens (including phenoxy) is 2. The molecule has 51 heavy (non-hydrogen) atoms. The number of fused-ring (bicyclic) bond motifs is 3. The molecule has 1 N–H and O–H groups in total. The minimum absolute atomic E-state index is 0.0541. The van der Waals surface area contributed by atoms with Gasteiger partial charge < -0.3 is 19.5 Å². The Hall–Kier alpha value is -3.92. The highest BCUT2D eigenvalue weighted by Crippen LogP contribution is 2.58. The first-order valence-corrected chi connectivity index (χ1v) is 19.3. The number of carbonyl (C=O) groups is 2. The molecule has 3 heterocycles. The van der Waals surface area contributed by atoms with Crippen LogP contribution < -0.4 is 9.64 Å². The molecule has 1 aliphatic heterocycles. The first-order valence-electron chi connectivity index (χ1n) is 19.3. The second-order valence-corrected chi connectivity index (χ2v) is 16.4. The number of hydrogen-bond donors (Lipinski definition) is 1. The number of hydrogen-bond acceptors (Lipinski definition) is 7. The van der Waals surface area contributed by atoms with E-state index in [1.54, 1.807) is 7.11 Å². The zero-order valence-corrected chi connectivity index (χ0v) is 30.3. The number of carbonyl (C=O) groups excluding carboxylic acids is 2. The van der Waals surface area contributed by atoms with Gasteiger partial charge in [-0.1, -0.05) is 25.0 Å². The van der Waals surface area contributed by atoms with Gasteiger partial charge in [-0.25, -0.2) is 9.78 Å². The largest absolute Gasteiger partial charge is 0.496 e. The van der Waals surface area contributed by atoms with E-state index in [1.165, 1.54) is 41.7 Å². The van der Waals surface area contributed by atoms with Crippen LogP contribution in [0.2, 0.25) is 0 Å². The molecule has 1 aromatic carbocycles. The summed E-state index contributed by atoms with van der Waals surface area (Å²) in [6.45, 7) is 3.47. The highest BCUT2D eigenvalue weighted by Gasteiger charge is 2.51. The van der Waals surface area contributed by atoms with Crippen molar-refractivity contribution in [2.45, 2.75) is 120 Å². The Balaban J connectivity index is 1.01. The highest BCUT2D eigenvalue weighted by molar-refractivity contribution is 5.95. The van der Waals surface area contributed by atoms with Crippen molar-refractivity contribution in [3.63, 3.8) is 0 Å². The molecule has 272 valence electrons. The summed E-state index contributed by atoms with van der Waals surface area (Å²) in [5, 5.41) is 14.3. The topological polar surface area (TPSA) is 110 Å². The monoisotopic (exact) mass is 695 g/mol. The third-order valence-electron chi connectivity index (χ3n) is 13.2. The molecule has 2 bridgehead atoms. The summed E-state index contributed by atoms with van der Waals surface area (Å²) in [7, 11) is 1.73. The van der Waals surface area contributed by atoms with Crippen LogP contribution in [0.15, 0.2) is 48.9 Å². The van der Waals surface area contributed by atoms with Gasteiger partial charge in [-0.05, 0) is 130 Å². The summed E-state index contributed by atoms with van der Waals surface area (Å²) in [5.41, 5.74) is 4.95. The third kappa shape index (κ3) is 6.76. The zero-order chi connectivity index (χ0) is 35.2. The molecule has 0 atom stereocenters. The van der Waals surface area contributed by atoms with Crippen molar-refractivity contribution >= 4 is 17.8 Å². The average molecular weight is 696 g/mol. The summed E-state index contributed by atoms with van der Waals surface area (Å²) in [6.07, 6.45) is 19.1. The summed E-state index contributed by atoms with van der Waals surface area (Å²) in [6, 6.07) is 11.3. The Morgan fingerprint density at radius 3 is 2.33 bits per heavy atom. The number of likely N-dealkylation sites (tertiary alicyclic amines) is 1. The Labute approximate surface area is 301 Å². The molecule has 9 rings (SSSR count). The van der Waals surface area contributed by atoms with Crippen molar-refractivity contribution in [2.75, 3.05) is 31.6 Å². The fraction of sp³-hybridized carbons (Fsp3) is 0.610. The maximum Gasteiger partial charge on any atom is 0.410 e. The molecule has 0 unspecified atom stereocenters. The standard InChI is InChI=1S/C41H53N5O5/c1-28-21-32(9-12-36(28)50-2)41-17-14-40(15-18-41,16-19-41)27-45(38(48)29-7-10-35(11-8-29)51-39(49)44-25-34(47)26-44)37-22-30(13-20-42-37)31-23-43-46(24-31)33-5-3-4-6-33/h9,12-13,20-24,29,33-35,47H,3-8,10-11,14-19,25-27H2,1-2H3. The van der Waals surface area contributed by atoms with Gasteiger partial charge in [-0.3, -0.25) is 14.4 Å². The number of aliphatic hydroxyl groups is 1. The van der Waals surface area contributed by atoms with Gasteiger partial charge in [0.25, 0.3) is 0 Å². The molecule has 1 saturated heterocycles. The van der Waals surface area contributed by atoms with Crippen LogP contribution in [0.3, 0.4) is 0 Å². The molecule has 3 aromatic rings. The maximum absolute atomic E-state index is 14.7. The molecule has 2 aromatic heterocycles. The van der Waals surface area contributed by atoms with E-state index in [1.807, 2.05) is 23.4 Å². The lowest BCUT2D eigenvalue weighted by Gasteiger charge is -2.55. The summed E-state index contributed by atoms with van der Waals surface area (Å²) >= 11 is 0. The Bertz CT molecular complexity index is 1710. The molecule has 6 fully saturated rings. The summed E-state index contributed by atoms with van der Waals surface area (Å²) in [5.74, 6) is 1.65. The van der Waals surface area contributed by atoms with E-state index in [0.29, 0.717) is 51.4 Å². The van der Waals surface area contributed by atoms with E-state index in [2.05, 4.69) is 42.1 Å². The highest BCUT2D eigenvalue weighted by atomic mass is 16.6. The fourth-order valence-electron chi connectivity index (χ4n) is 9.82. The van der Waals surface area contributed by atoms with Crippen molar-refractivity contribution in [3.8, 4) is 16.9 Å². The van der Waals surface area contributed by atoms with Crippen LogP contribution in [0.1, 0.15) is 107 Å². The van der Waals surface area contributed by atoms with Gasteiger partial charge in [0.1, 0.15) is 17.7 Å². The Morgan fingerprint density at radius 2 is 1.67 bits per heavy atom. The fourth-order valence-corrected chi connectivity index (χ4v) is 9.82. The number of rotatable bonds is 9. The number of amides is 2. The summed E-state index contributed by atoms with van der Waals surface area (Å²) in [4.78, 5) is 35.6. The van der Waals surface area contributed by atoms with Gasteiger partial charge in [-0.15, -0.1) is 0 Å². The molecular weight excluding hydrogens is 642 g/mol. The van der Waals surface area contributed by atoms with E-state index in [0.717, 1.165) is 61.2 Å². The molecule has 0 radical (unpaired) electrons. The van der Waals surface area contributed by atoms with Crippen LogP contribution >= 0.6 is 0 Å². The first kappa shape index (κ1) is 34.2. The minimum Gasteiger partial charge on any atom is -0.496 e. The van der Waals surface area contributed by atoms with Crippen molar-refractivity contribution in [1.82, 2.24) is 19.7 Å². The molecule has 2 amide bonds. The predicted molar refractivity (Wildman–Crippen MR) is 195 cm³/mol. The van der Waals surface area contributed by atoms with E-state index >= 15 is 0 Å². The molecule has 10 heteroatoms. The van der Waals surface area contributed by atoms with Crippen LogP contribution in [0.25, 0.3) is 11.1 Å². The van der Waals surface area contributed by atoms with Crippen LogP contribution in [-0.4, -0.2) is 75.7 Å². The van der Waals surface area contributed by atoms with Gasteiger partial charge in [0.2, 0.25) is 5.91 Å². The minimum atomic E-state index is -0.455. The number of nitrogens with zero attached hydrogens (tertiary/aromatic N) is 5. The van der Waals surface area contributed by atoms with Crippen LogP contribution in [0.5, 0.6) is 5.75 Å². The quantitative estimate of drug-likeness (QED) is 0.249. The first-order chi connectivity index (χ1) is 24.7. The van der Waals surface area contributed by atoms with Gasteiger partial charge in [-0.2, -0.15) is 5.10 Å². The van der Waals surface area contributed by atoms with E-state index in [9.17, 15) is 14.7 Å². The maximum atomic E-state index is 14.7. The average Bonchev–Trinajstić information content (AvgIpc) is 3.87. The molecule has 6 aliphatic rings. The lowest BCUT2D eigenvalue weighted by molar-refractivity contribution is -0.124. The number of β-amino-alcohol motifs (C(OH)–C–C–N with tert-alkyl or cyclic N) is 1. The zero-order valence-electron chi connectivity index (χ0n) is 30.3. The lowest BCUT2D eigenvalue weighted by atomic mass is 9.51. The van der Waals surface area contributed by atoms with Gasteiger partial charge >= 0.3 is 6.09 Å². The lowest BCUT2D eigenvalue weighted by Crippen LogP contribution is -2.54. The van der Waals surface area contributed by atoms with Crippen molar-refractivity contribution < 1.29 is 24.2 Å². The van der Waals surface area contributed by atoms with Crippen LogP contribution in [0, 0.1) is 18.3 Å². The van der Waals surface area contributed by atoms with Crippen LogP contribution in [-0.2, 0) is 14.9 Å². The molecule has 10 nitrogen and oxygen atoms in total. The van der Waals surface area contributed by atoms with E-state index in [-0.39, 0.29) is 34.9 Å². The van der Waals surface area contributed by atoms with Crippen molar-refractivity contribution in [1.29, 1.82) is 0 Å². The van der Waals surface area contributed by atoms with E-state index in [4.69, 9.17) is 19.6 Å². The normalized spacial score (nSPS) is 28.0. The molecule has 5 aliphatic carbocycles. The molecule has 5 saturated carbocycles. The number of aromatic nitrogens is 3. The van der Waals surface area contributed by atoms with E-state index < -0.39 is 6.10 Å². The SMILES string of the molecule is COc1ccc(C23CCC(CN(C(=O)C4CCC(OC(=O)N5CC(O)C5)CC4)c4cc(-c5cnn(C6CCCC6)c5)ccn4)(CC2)CC3)cc1C. The Morgan fingerprint density at radius 1 is 0.941 bits per heavy atom. The number of benzene rings is 1. The van der Waals surface area contributed by atoms with Gasteiger partial charge in [0, 0.05) is 30.4 Å². The second kappa shape index (κ2) is 13.9. The molecule has 0 spiro atoms. The number of pyridine rings is 1. The summed E-state index contributed by atoms with van der Waals surface area (Å²) < 4.78 is 13.5. The molecular formula is C41H53N5O5. The van der Waals surface area contributed by atoms with Crippen molar-refractivity contribution in [2.24, 2.45) is 11.3 Å². The Kier molecular flexibility index (Phi) is 9.32.